The standard InChI is InChI=1S/C27H36FN3O5/c1-2-36-25(34)11-14-30-16-15-29(18-24(30)33)12-9-20-17-31(13-10-23(20)32)26(27(35)19-7-8-19)21-5-3-4-6-22(21)28/h3-6,9,19,23,26,32H,2,7-8,10-18H2,1H3/b20-9+. The third-order valence-corrected chi connectivity index (χ3v) is 7.22. The van der Waals surface area contributed by atoms with Gasteiger partial charge in [-0.3, -0.25) is 24.2 Å². The first kappa shape index (κ1) is 26.4. The highest BCUT2D eigenvalue weighted by molar-refractivity contribution is 5.89. The second kappa shape index (κ2) is 12.1. The van der Waals surface area contributed by atoms with Gasteiger partial charge < -0.3 is 14.7 Å². The van der Waals surface area contributed by atoms with Gasteiger partial charge in [-0.05, 0) is 37.8 Å². The van der Waals surface area contributed by atoms with Crippen molar-refractivity contribution in [2.45, 2.75) is 44.8 Å². The fourth-order valence-corrected chi connectivity index (χ4v) is 4.99. The van der Waals surface area contributed by atoms with Crippen LogP contribution in [0.25, 0.3) is 0 Å². The summed E-state index contributed by atoms with van der Waals surface area (Å²) in [6, 6.07) is 5.80. The summed E-state index contributed by atoms with van der Waals surface area (Å²) in [6.45, 7) is 5.26. The van der Waals surface area contributed by atoms with Gasteiger partial charge in [-0.25, -0.2) is 4.39 Å². The SMILES string of the molecule is CCOC(=O)CCN1CCN(C/C=C2\CN(C(C(=O)C3CC3)c3ccccc3F)CCC2O)CC1=O. The van der Waals surface area contributed by atoms with Gasteiger partial charge in [0.1, 0.15) is 5.82 Å². The Bertz CT molecular complexity index is 995. The number of hydrogen-bond acceptors (Lipinski definition) is 7. The number of amides is 1. The van der Waals surface area contributed by atoms with Crippen LogP contribution < -0.4 is 0 Å². The summed E-state index contributed by atoms with van der Waals surface area (Å²) in [5, 5.41) is 10.7. The van der Waals surface area contributed by atoms with Crippen molar-refractivity contribution in [2.24, 2.45) is 5.92 Å². The number of esters is 1. The van der Waals surface area contributed by atoms with Gasteiger partial charge in [0.15, 0.2) is 5.78 Å². The number of aliphatic hydroxyl groups is 1. The number of Topliss-reactive ketones (excluding diaryl/α,β-unsaturated/α-hetero) is 1. The summed E-state index contributed by atoms with van der Waals surface area (Å²) in [7, 11) is 0. The minimum atomic E-state index is -0.654. The van der Waals surface area contributed by atoms with Crippen LogP contribution in [0.3, 0.4) is 0 Å². The summed E-state index contributed by atoms with van der Waals surface area (Å²) >= 11 is 0. The number of ketones is 1. The first-order valence-corrected chi connectivity index (χ1v) is 12.9. The summed E-state index contributed by atoms with van der Waals surface area (Å²) in [5.41, 5.74) is 1.19. The van der Waals surface area contributed by atoms with Crippen molar-refractivity contribution in [1.29, 1.82) is 0 Å². The molecule has 2 saturated heterocycles. The van der Waals surface area contributed by atoms with Crippen LogP contribution in [-0.4, -0.2) is 96.0 Å². The molecule has 1 aromatic carbocycles. The number of likely N-dealkylation sites (tertiary alicyclic amines) is 1. The number of nitrogens with zero attached hydrogens (tertiary/aromatic N) is 3. The summed E-state index contributed by atoms with van der Waals surface area (Å²) < 4.78 is 19.6. The van der Waals surface area contributed by atoms with E-state index in [2.05, 4.69) is 0 Å². The molecule has 0 radical (unpaired) electrons. The van der Waals surface area contributed by atoms with E-state index in [0.29, 0.717) is 57.9 Å². The normalized spacial score (nSPS) is 23.6. The van der Waals surface area contributed by atoms with Gasteiger partial charge in [0.25, 0.3) is 0 Å². The Kier molecular flexibility index (Phi) is 8.87. The van der Waals surface area contributed by atoms with Crippen molar-refractivity contribution in [2.75, 3.05) is 52.4 Å². The number of ether oxygens (including phenoxy) is 1. The molecule has 1 amide bonds. The third-order valence-electron chi connectivity index (χ3n) is 7.22. The minimum Gasteiger partial charge on any atom is -0.466 e. The number of halogens is 1. The van der Waals surface area contributed by atoms with Crippen LogP contribution in [0, 0.1) is 11.7 Å². The highest BCUT2D eigenvalue weighted by Gasteiger charge is 2.41. The molecule has 2 unspecified atom stereocenters. The van der Waals surface area contributed by atoms with E-state index in [1.54, 1.807) is 30.0 Å². The first-order valence-electron chi connectivity index (χ1n) is 12.9. The number of aliphatic hydroxyl groups excluding tert-OH is 1. The zero-order valence-electron chi connectivity index (χ0n) is 20.9. The van der Waals surface area contributed by atoms with E-state index >= 15 is 0 Å². The molecule has 8 nitrogen and oxygen atoms in total. The number of piperazine rings is 1. The molecular weight excluding hydrogens is 465 g/mol. The number of carbonyl (C=O) groups is 3. The molecule has 9 heteroatoms. The molecule has 36 heavy (non-hydrogen) atoms. The lowest BCUT2D eigenvalue weighted by Crippen LogP contribution is -2.51. The maximum atomic E-state index is 14.7. The molecule has 3 fully saturated rings. The highest BCUT2D eigenvalue weighted by atomic mass is 19.1. The lowest BCUT2D eigenvalue weighted by Gasteiger charge is -2.38. The van der Waals surface area contributed by atoms with Crippen LogP contribution >= 0.6 is 0 Å². The molecule has 0 aromatic heterocycles. The molecule has 2 atom stereocenters. The zero-order chi connectivity index (χ0) is 25.7. The number of benzene rings is 1. The smallest absolute Gasteiger partial charge is 0.307 e. The van der Waals surface area contributed by atoms with Crippen LogP contribution in [0.5, 0.6) is 0 Å². The average Bonchev–Trinajstić information content (AvgIpc) is 3.71. The van der Waals surface area contributed by atoms with Crippen molar-refractivity contribution in [1.82, 2.24) is 14.7 Å². The largest absolute Gasteiger partial charge is 0.466 e. The molecule has 2 aliphatic heterocycles. The van der Waals surface area contributed by atoms with E-state index in [1.807, 2.05) is 15.9 Å². The second-order valence-corrected chi connectivity index (χ2v) is 9.83. The summed E-state index contributed by atoms with van der Waals surface area (Å²) in [5.74, 6) is -0.681. The van der Waals surface area contributed by atoms with Crippen molar-refractivity contribution >= 4 is 17.7 Å². The molecule has 1 aliphatic carbocycles. The molecule has 1 saturated carbocycles. The molecule has 1 N–H and O–H groups in total. The summed E-state index contributed by atoms with van der Waals surface area (Å²) in [4.78, 5) is 43.0. The van der Waals surface area contributed by atoms with Crippen molar-refractivity contribution in [3.05, 3.63) is 47.3 Å². The molecule has 2 heterocycles. The van der Waals surface area contributed by atoms with E-state index in [0.717, 1.165) is 18.4 Å². The number of carbonyl (C=O) groups excluding carboxylic acids is 3. The van der Waals surface area contributed by atoms with Gasteiger partial charge in [0.2, 0.25) is 5.91 Å². The molecule has 1 aromatic rings. The maximum Gasteiger partial charge on any atom is 0.307 e. The zero-order valence-corrected chi connectivity index (χ0v) is 20.9. The second-order valence-electron chi connectivity index (χ2n) is 9.83. The van der Waals surface area contributed by atoms with Gasteiger partial charge in [-0.15, -0.1) is 0 Å². The van der Waals surface area contributed by atoms with E-state index in [4.69, 9.17) is 4.74 Å². The Balaban J connectivity index is 1.37. The van der Waals surface area contributed by atoms with E-state index in [-0.39, 0.29) is 42.4 Å². The van der Waals surface area contributed by atoms with Gasteiger partial charge in [0.05, 0.1) is 31.7 Å². The fraction of sp³-hybridized carbons (Fsp3) is 0.593. The van der Waals surface area contributed by atoms with Gasteiger partial charge in [-0.1, -0.05) is 24.3 Å². The topological polar surface area (TPSA) is 90.4 Å². The Hall–Kier alpha value is -2.62. The lowest BCUT2D eigenvalue weighted by atomic mass is 9.92. The summed E-state index contributed by atoms with van der Waals surface area (Å²) in [6.07, 6.45) is 3.67. The Morgan fingerprint density at radius 1 is 1.17 bits per heavy atom. The van der Waals surface area contributed by atoms with Crippen molar-refractivity contribution in [3.63, 3.8) is 0 Å². The predicted molar refractivity (Wildman–Crippen MR) is 131 cm³/mol. The molecule has 3 aliphatic rings. The number of rotatable bonds is 10. The minimum absolute atomic E-state index is 0.0139. The molecule has 196 valence electrons. The average molecular weight is 502 g/mol. The lowest BCUT2D eigenvalue weighted by molar-refractivity contribution is -0.144. The van der Waals surface area contributed by atoms with Gasteiger partial charge in [0, 0.05) is 50.7 Å². The third kappa shape index (κ3) is 6.57. The van der Waals surface area contributed by atoms with E-state index < -0.39 is 12.1 Å². The number of piperidine rings is 1. The van der Waals surface area contributed by atoms with Crippen LogP contribution in [0.15, 0.2) is 35.9 Å². The van der Waals surface area contributed by atoms with E-state index in [1.165, 1.54) is 6.07 Å². The fourth-order valence-electron chi connectivity index (χ4n) is 4.99. The van der Waals surface area contributed by atoms with E-state index in [9.17, 15) is 23.9 Å². The van der Waals surface area contributed by atoms with Crippen LogP contribution in [-0.2, 0) is 19.1 Å². The van der Waals surface area contributed by atoms with Crippen molar-refractivity contribution in [3.8, 4) is 0 Å². The molecular formula is C27H36FN3O5. The number of hydrogen-bond donors (Lipinski definition) is 1. The predicted octanol–water partition coefficient (Wildman–Crippen LogP) is 1.94. The molecule has 0 bridgehead atoms. The van der Waals surface area contributed by atoms with Crippen LogP contribution in [0.4, 0.5) is 4.39 Å². The van der Waals surface area contributed by atoms with Gasteiger partial charge in [-0.2, -0.15) is 0 Å². The van der Waals surface area contributed by atoms with Gasteiger partial charge >= 0.3 is 5.97 Å². The first-order chi connectivity index (χ1) is 17.4. The van der Waals surface area contributed by atoms with Crippen LogP contribution in [0.2, 0.25) is 0 Å². The highest BCUT2D eigenvalue weighted by Crippen LogP contribution is 2.39. The molecule has 0 spiro atoms. The van der Waals surface area contributed by atoms with Crippen molar-refractivity contribution < 1.29 is 28.6 Å². The monoisotopic (exact) mass is 501 g/mol. The molecule has 4 rings (SSSR count). The Morgan fingerprint density at radius 3 is 2.64 bits per heavy atom. The quantitative estimate of drug-likeness (QED) is 0.387. The Morgan fingerprint density at radius 2 is 1.94 bits per heavy atom. The van der Waals surface area contributed by atoms with Crippen LogP contribution in [0.1, 0.15) is 44.2 Å². The Labute approximate surface area is 211 Å². The maximum absolute atomic E-state index is 14.7.